The summed E-state index contributed by atoms with van der Waals surface area (Å²) in [5, 5.41) is 27.4. The second-order valence-electron chi connectivity index (χ2n) is 11.4. The second-order valence-corrected chi connectivity index (χ2v) is 14.1. The Hall–Kier alpha value is -3.99. The van der Waals surface area contributed by atoms with Gasteiger partial charge in [0.1, 0.15) is 55.9 Å². The highest BCUT2D eigenvalue weighted by atomic mass is 79.9. The van der Waals surface area contributed by atoms with E-state index in [0.717, 1.165) is 13.4 Å². The lowest BCUT2D eigenvalue weighted by molar-refractivity contribution is -0.148. The van der Waals surface area contributed by atoms with E-state index in [4.69, 9.17) is 38.6 Å². The number of aromatic hydroxyl groups is 1. The Morgan fingerprint density at radius 3 is 1.50 bits per heavy atom. The van der Waals surface area contributed by atoms with Crippen molar-refractivity contribution in [1.82, 2.24) is 0 Å². The molecular formula is C39H45Br3O12. The van der Waals surface area contributed by atoms with E-state index in [9.17, 15) is 19.5 Å². The molecule has 1 saturated heterocycles. The van der Waals surface area contributed by atoms with Gasteiger partial charge in [0, 0.05) is 30.1 Å². The summed E-state index contributed by atoms with van der Waals surface area (Å²) in [6.07, 6.45) is -1.42. The van der Waals surface area contributed by atoms with Gasteiger partial charge in [0.25, 0.3) is 0 Å². The molecule has 0 aliphatic carbocycles. The summed E-state index contributed by atoms with van der Waals surface area (Å²) in [7, 11) is 0. The van der Waals surface area contributed by atoms with Crippen molar-refractivity contribution in [2.24, 2.45) is 0 Å². The Labute approximate surface area is 340 Å². The van der Waals surface area contributed by atoms with Crippen molar-refractivity contribution >= 4 is 65.7 Å². The smallest absolute Gasteiger partial charge is 0.333 e. The standard InChI is InChI=1S/2C13H15BrO4.C7H10O3.C6H5BrO/c1-9(2)13(16)18-8-11(15)7-17-12-5-3-10(14)4-6-12;1-9(2)13(16)18-12(7-15)8-17-11-5-3-10(14)4-6-11;1-5(2)7(8)10-4-6-3-9-6;7-5-1-3-6(8)4-2-5/h3-6,11,15H,1,7-8H2,2H3;3-6,12,15H,1,7-8H2,2H3;6H,1,3-4H2,2H3;1-4,8H. The number of aliphatic hydroxyl groups is 2. The maximum Gasteiger partial charge on any atom is 0.333 e. The topological polar surface area (TPSA) is 171 Å². The van der Waals surface area contributed by atoms with Crippen molar-refractivity contribution in [2.75, 3.05) is 39.6 Å². The fourth-order valence-electron chi connectivity index (χ4n) is 3.06. The van der Waals surface area contributed by atoms with E-state index in [-0.39, 0.29) is 44.1 Å². The number of epoxide rings is 1. The molecule has 0 amide bonds. The fraction of sp³-hybridized carbons (Fsp3) is 0.308. The maximum absolute atomic E-state index is 11.3. The van der Waals surface area contributed by atoms with Crippen LogP contribution in [0.25, 0.3) is 0 Å². The molecule has 3 N–H and O–H groups in total. The highest BCUT2D eigenvalue weighted by molar-refractivity contribution is 9.11. The minimum atomic E-state index is -0.864. The normalized spacial score (nSPS) is 13.2. The van der Waals surface area contributed by atoms with Gasteiger partial charge in [-0.2, -0.15) is 0 Å². The van der Waals surface area contributed by atoms with Crippen LogP contribution >= 0.6 is 47.8 Å². The Morgan fingerprint density at radius 1 is 0.704 bits per heavy atom. The number of carbonyl (C=O) groups is 3. The minimum absolute atomic E-state index is 0.0606. The summed E-state index contributed by atoms with van der Waals surface area (Å²) in [4.78, 5) is 33.1. The number of phenols is 1. The van der Waals surface area contributed by atoms with Crippen molar-refractivity contribution < 1.29 is 58.1 Å². The Kier molecular flexibility index (Phi) is 23.8. The molecule has 15 heteroatoms. The molecule has 4 rings (SSSR count). The van der Waals surface area contributed by atoms with Gasteiger partial charge in [-0.15, -0.1) is 0 Å². The molecule has 3 aromatic carbocycles. The van der Waals surface area contributed by atoms with Crippen LogP contribution in [0.5, 0.6) is 17.2 Å². The third-order valence-corrected chi connectivity index (χ3v) is 7.65. The molecule has 54 heavy (non-hydrogen) atoms. The summed E-state index contributed by atoms with van der Waals surface area (Å²) in [5.74, 6) is 0.196. The minimum Gasteiger partial charge on any atom is -0.508 e. The largest absolute Gasteiger partial charge is 0.508 e. The Balaban J connectivity index is 0.000000378. The van der Waals surface area contributed by atoms with Crippen LogP contribution in [0.1, 0.15) is 20.8 Å². The highest BCUT2D eigenvalue weighted by Crippen LogP contribution is 2.18. The van der Waals surface area contributed by atoms with Crippen LogP contribution in [0, 0.1) is 0 Å². The van der Waals surface area contributed by atoms with E-state index in [1.807, 2.05) is 24.3 Å². The summed E-state index contributed by atoms with van der Waals surface area (Å²) in [6, 6.07) is 21.3. The van der Waals surface area contributed by atoms with E-state index in [2.05, 4.69) is 67.5 Å². The van der Waals surface area contributed by atoms with E-state index in [1.54, 1.807) is 69.3 Å². The molecule has 294 valence electrons. The van der Waals surface area contributed by atoms with Crippen molar-refractivity contribution in [3.63, 3.8) is 0 Å². The number of benzene rings is 3. The van der Waals surface area contributed by atoms with E-state index in [1.165, 1.54) is 0 Å². The predicted octanol–water partition coefficient (Wildman–Crippen LogP) is 7.28. The molecule has 12 nitrogen and oxygen atoms in total. The summed E-state index contributed by atoms with van der Waals surface area (Å²) in [5.41, 5.74) is 1.02. The molecular weight excluding hydrogens is 900 g/mol. The fourth-order valence-corrected chi connectivity index (χ4v) is 3.85. The molecule has 0 bridgehead atoms. The number of hydrogen-bond acceptors (Lipinski definition) is 12. The zero-order valence-electron chi connectivity index (χ0n) is 30.2. The summed E-state index contributed by atoms with van der Waals surface area (Å²) in [6.45, 7) is 15.9. The number of rotatable bonds is 15. The SMILES string of the molecule is C=C(C)C(=O)OC(CO)COc1ccc(Br)cc1.C=C(C)C(=O)OCC(O)COc1ccc(Br)cc1.C=C(C)C(=O)OCC1CO1.Oc1ccc(Br)cc1. The van der Waals surface area contributed by atoms with E-state index >= 15 is 0 Å². The molecule has 1 fully saturated rings. The molecule has 0 spiro atoms. The quantitative estimate of drug-likeness (QED) is 0.0604. The Bertz CT molecular complexity index is 1600. The van der Waals surface area contributed by atoms with Gasteiger partial charge in [-0.05, 0) is 93.6 Å². The van der Waals surface area contributed by atoms with Crippen molar-refractivity contribution in [1.29, 1.82) is 0 Å². The lowest BCUT2D eigenvalue weighted by Gasteiger charge is -2.16. The molecule has 3 aromatic rings. The predicted molar refractivity (Wildman–Crippen MR) is 214 cm³/mol. The summed E-state index contributed by atoms with van der Waals surface area (Å²) < 4.78 is 33.0. The molecule has 0 radical (unpaired) electrons. The van der Waals surface area contributed by atoms with Crippen LogP contribution in [-0.2, 0) is 33.3 Å². The number of carbonyl (C=O) groups excluding carboxylic acids is 3. The van der Waals surface area contributed by atoms with Crippen LogP contribution < -0.4 is 9.47 Å². The molecule has 0 saturated carbocycles. The van der Waals surface area contributed by atoms with Crippen LogP contribution in [0.2, 0.25) is 0 Å². The first-order chi connectivity index (χ1) is 25.5. The van der Waals surface area contributed by atoms with Gasteiger partial charge in [0.15, 0.2) is 6.10 Å². The first-order valence-corrected chi connectivity index (χ1v) is 18.5. The lowest BCUT2D eigenvalue weighted by atomic mass is 10.3. The first kappa shape index (κ1) is 48.0. The zero-order chi connectivity index (χ0) is 40.6. The van der Waals surface area contributed by atoms with Gasteiger partial charge in [-0.3, -0.25) is 0 Å². The monoisotopic (exact) mass is 942 g/mol. The highest BCUT2D eigenvalue weighted by Gasteiger charge is 2.24. The van der Waals surface area contributed by atoms with Crippen LogP contribution in [0.15, 0.2) is 123 Å². The second kappa shape index (κ2) is 26.7. The van der Waals surface area contributed by atoms with Gasteiger partial charge >= 0.3 is 17.9 Å². The molecule has 1 aliphatic heterocycles. The van der Waals surface area contributed by atoms with E-state index < -0.39 is 24.1 Å². The third-order valence-electron chi connectivity index (χ3n) is 6.06. The zero-order valence-corrected chi connectivity index (χ0v) is 34.9. The molecule has 1 heterocycles. The van der Waals surface area contributed by atoms with Gasteiger partial charge < -0.3 is 43.7 Å². The average Bonchev–Trinajstić information content (AvgIpc) is 3.98. The number of ether oxygens (including phenoxy) is 6. The van der Waals surface area contributed by atoms with Gasteiger partial charge in [-0.25, -0.2) is 14.4 Å². The third kappa shape index (κ3) is 23.6. The van der Waals surface area contributed by atoms with Crippen molar-refractivity contribution in [3.05, 3.63) is 123 Å². The number of aliphatic hydroxyl groups excluding tert-OH is 2. The molecule has 3 unspecified atom stereocenters. The van der Waals surface area contributed by atoms with Crippen LogP contribution in [0.3, 0.4) is 0 Å². The van der Waals surface area contributed by atoms with Crippen LogP contribution in [-0.4, -0.2) is 91.2 Å². The number of halogens is 3. The van der Waals surface area contributed by atoms with Crippen molar-refractivity contribution in [2.45, 2.75) is 39.1 Å². The molecule has 1 aliphatic rings. The average molecular weight is 945 g/mol. The molecule has 3 atom stereocenters. The van der Waals surface area contributed by atoms with Gasteiger partial charge in [-0.1, -0.05) is 67.5 Å². The molecule has 0 aromatic heterocycles. The summed E-state index contributed by atoms with van der Waals surface area (Å²) >= 11 is 9.86. The number of esters is 3. The van der Waals surface area contributed by atoms with Crippen molar-refractivity contribution in [3.8, 4) is 17.2 Å². The first-order valence-electron chi connectivity index (χ1n) is 16.1. The number of hydrogen-bond donors (Lipinski definition) is 3. The van der Waals surface area contributed by atoms with Gasteiger partial charge in [0.2, 0.25) is 0 Å². The van der Waals surface area contributed by atoms with Gasteiger partial charge in [0.05, 0.1) is 13.2 Å². The Morgan fingerprint density at radius 2 is 1.11 bits per heavy atom. The van der Waals surface area contributed by atoms with Crippen LogP contribution in [0.4, 0.5) is 0 Å². The number of phenolic OH excluding ortho intramolecular Hbond substituents is 1. The van der Waals surface area contributed by atoms with E-state index in [0.29, 0.717) is 41.6 Å². The lowest BCUT2D eigenvalue weighted by Crippen LogP contribution is -2.28. The maximum atomic E-state index is 11.3.